The van der Waals surface area contributed by atoms with E-state index in [1.807, 2.05) is 13.8 Å². The maximum atomic E-state index is 13.4. The van der Waals surface area contributed by atoms with Gasteiger partial charge in [-0.2, -0.15) is 0 Å². The lowest BCUT2D eigenvalue weighted by molar-refractivity contribution is -0.188. The first-order valence-electron chi connectivity index (χ1n) is 19.1. The minimum absolute atomic E-state index is 0.00928. The van der Waals surface area contributed by atoms with Gasteiger partial charge in [0.1, 0.15) is 11.6 Å². The Balaban J connectivity index is 0.000000188. The quantitative estimate of drug-likeness (QED) is 0.295. The largest absolute Gasteiger partial charge is 0.392 e. The first kappa shape index (κ1) is 37.9. The van der Waals surface area contributed by atoms with Crippen molar-refractivity contribution >= 4 is 11.6 Å². The smallest absolute Gasteiger partial charge is 0.145 e. The first-order chi connectivity index (χ1) is 22.3. The molecule has 272 valence electrons. The van der Waals surface area contributed by atoms with Gasteiger partial charge in [0.15, 0.2) is 0 Å². The molecule has 6 rings (SSSR count). The third kappa shape index (κ3) is 4.99. The van der Waals surface area contributed by atoms with Gasteiger partial charge in [-0.15, -0.1) is 13.2 Å². The number of allylic oxidation sites excluding steroid dienone is 2. The van der Waals surface area contributed by atoms with Crippen molar-refractivity contribution in [2.45, 2.75) is 144 Å². The number of ketones is 2. The summed E-state index contributed by atoms with van der Waals surface area (Å²) in [5, 5.41) is 22.7. The molecule has 4 bridgehead atoms. The Kier molecular flexibility index (Phi) is 10.0. The maximum absolute atomic E-state index is 13.4. The number of hydrogen-bond acceptors (Lipinski definition) is 6. The zero-order valence-corrected chi connectivity index (χ0v) is 31.9. The Bertz CT molecular complexity index is 1180. The monoisotopic (exact) mass is 669 g/mol. The summed E-state index contributed by atoms with van der Waals surface area (Å²) < 4.78 is 11.8. The predicted octanol–water partition coefficient (Wildman–Crippen LogP) is 7.99. The molecule has 6 aliphatic rings. The molecule has 6 nitrogen and oxygen atoms in total. The van der Waals surface area contributed by atoms with Gasteiger partial charge in [-0.3, -0.25) is 9.59 Å². The number of aliphatic hydroxyl groups excluding tert-OH is 2. The van der Waals surface area contributed by atoms with Crippen molar-refractivity contribution in [3.63, 3.8) is 0 Å². The van der Waals surface area contributed by atoms with Crippen LogP contribution in [-0.2, 0) is 19.1 Å². The fourth-order valence-electron chi connectivity index (χ4n) is 13.3. The molecule has 0 aromatic heterocycles. The van der Waals surface area contributed by atoms with E-state index in [4.69, 9.17) is 9.47 Å². The van der Waals surface area contributed by atoms with Crippen LogP contribution in [-0.4, -0.2) is 60.4 Å². The molecule has 2 N–H and O–H groups in total. The summed E-state index contributed by atoms with van der Waals surface area (Å²) in [6.45, 7) is 25.1. The fraction of sp³-hybridized carbons (Fsp3) is 0.857. The van der Waals surface area contributed by atoms with Crippen LogP contribution in [0.4, 0.5) is 0 Å². The second kappa shape index (κ2) is 12.7. The van der Waals surface area contributed by atoms with Crippen LogP contribution in [0, 0.1) is 68.0 Å². The number of hydrogen-bond donors (Lipinski definition) is 2. The third-order valence-corrected chi connectivity index (χ3v) is 17.1. The third-order valence-electron chi connectivity index (χ3n) is 17.1. The molecular weight excluding hydrogens is 600 g/mol. The summed E-state index contributed by atoms with van der Waals surface area (Å²) in [5.74, 6) is 1.86. The highest BCUT2D eigenvalue weighted by Gasteiger charge is 2.69. The minimum Gasteiger partial charge on any atom is -0.392 e. The number of ether oxygens (including phenoxy) is 2. The molecule has 0 aliphatic heterocycles. The van der Waals surface area contributed by atoms with E-state index in [1.165, 1.54) is 0 Å². The van der Waals surface area contributed by atoms with E-state index >= 15 is 0 Å². The molecule has 0 saturated heterocycles. The average Bonchev–Trinajstić information content (AvgIpc) is 3.67. The second-order valence-corrected chi connectivity index (χ2v) is 18.5. The van der Waals surface area contributed by atoms with Crippen LogP contribution in [0.15, 0.2) is 25.3 Å². The molecule has 4 unspecified atom stereocenters. The van der Waals surface area contributed by atoms with Crippen LogP contribution in [0.25, 0.3) is 0 Å². The summed E-state index contributed by atoms with van der Waals surface area (Å²) >= 11 is 0. The molecule has 6 aliphatic carbocycles. The van der Waals surface area contributed by atoms with E-state index in [1.54, 1.807) is 26.4 Å². The summed E-state index contributed by atoms with van der Waals surface area (Å²) in [4.78, 5) is 26.8. The van der Waals surface area contributed by atoms with Crippen LogP contribution >= 0.6 is 0 Å². The summed E-state index contributed by atoms with van der Waals surface area (Å²) in [6, 6.07) is 0. The number of Topliss-reactive ketones (excluding diaryl/α,β-unsaturated/α-hetero) is 2. The molecule has 0 radical (unpaired) electrons. The van der Waals surface area contributed by atoms with Crippen molar-refractivity contribution < 1.29 is 29.3 Å². The average molecular weight is 669 g/mol. The molecular formula is C42H68O6. The SMILES string of the molecule is C=C[C@]1(C)C[C@@H](O)[C@@]2(C)C3[C@H](OC)CCC3(CC[C@H]2C)[C@@H](C)C1=O.C=C[C@]1(C)C[C@@H](O)[C@@]2(C)C3[C@H](OC)CCC3(CC[C@H]2C)[C@@H](C)C1=O. The Morgan fingerprint density at radius 3 is 1.23 bits per heavy atom. The van der Waals surface area contributed by atoms with Gasteiger partial charge in [-0.05, 0) is 113 Å². The number of carbonyl (C=O) groups is 2. The predicted molar refractivity (Wildman–Crippen MR) is 191 cm³/mol. The number of aliphatic hydroxyl groups is 2. The van der Waals surface area contributed by atoms with Gasteiger partial charge >= 0.3 is 0 Å². The zero-order valence-electron chi connectivity index (χ0n) is 31.9. The Labute approximate surface area is 291 Å². The second-order valence-electron chi connectivity index (χ2n) is 18.5. The van der Waals surface area contributed by atoms with E-state index in [2.05, 4.69) is 54.7 Å². The standard InChI is InChI=1S/2C21H34O3/c2*1-7-19(4)12-16(22)20(5)13(2)8-10-21(14(3)18(19)23)11-9-15(24-6)17(20)21/h2*7,13-17,22H,1,8-12H2,2-6H3/t2*13-,14+,15-,16-,17?,19-,20+,21?/m11/s1. The molecule has 6 fully saturated rings. The van der Waals surface area contributed by atoms with Crippen LogP contribution in [0.5, 0.6) is 0 Å². The Morgan fingerprint density at radius 1 is 0.625 bits per heavy atom. The zero-order chi connectivity index (χ0) is 35.8. The maximum Gasteiger partial charge on any atom is 0.145 e. The molecule has 0 heterocycles. The molecule has 6 saturated carbocycles. The Morgan fingerprint density at radius 2 is 0.938 bits per heavy atom. The lowest BCUT2D eigenvalue weighted by Crippen LogP contribution is -2.62. The van der Waals surface area contributed by atoms with Crippen molar-refractivity contribution in [1.82, 2.24) is 0 Å². The highest BCUT2D eigenvalue weighted by atomic mass is 16.5. The van der Waals surface area contributed by atoms with E-state index in [-0.39, 0.29) is 69.1 Å². The topological polar surface area (TPSA) is 93.1 Å². The highest BCUT2D eigenvalue weighted by molar-refractivity contribution is 5.90. The fourth-order valence-corrected chi connectivity index (χ4v) is 13.3. The van der Waals surface area contributed by atoms with Crippen molar-refractivity contribution in [2.75, 3.05) is 14.2 Å². The number of methoxy groups -OCH3 is 2. The van der Waals surface area contributed by atoms with Crippen LogP contribution in [0.3, 0.4) is 0 Å². The first-order valence-corrected chi connectivity index (χ1v) is 19.1. The van der Waals surface area contributed by atoms with Gasteiger partial charge in [0.05, 0.1) is 24.4 Å². The molecule has 6 heteroatoms. The molecule has 48 heavy (non-hydrogen) atoms. The molecule has 0 aromatic carbocycles. The van der Waals surface area contributed by atoms with Gasteiger partial charge in [0, 0.05) is 47.7 Å². The molecule has 16 atom stereocenters. The lowest BCUT2D eigenvalue weighted by atomic mass is 9.44. The van der Waals surface area contributed by atoms with E-state index in [0.29, 0.717) is 24.7 Å². The van der Waals surface area contributed by atoms with E-state index in [9.17, 15) is 19.8 Å². The van der Waals surface area contributed by atoms with Gasteiger partial charge in [0.25, 0.3) is 0 Å². The van der Waals surface area contributed by atoms with Gasteiger partial charge in [-0.1, -0.05) is 53.7 Å². The summed E-state index contributed by atoms with van der Waals surface area (Å²) in [5.41, 5.74) is -1.78. The van der Waals surface area contributed by atoms with Crippen molar-refractivity contribution in [1.29, 1.82) is 0 Å². The highest BCUT2D eigenvalue weighted by Crippen LogP contribution is 2.70. The van der Waals surface area contributed by atoms with Gasteiger partial charge < -0.3 is 19.7 Å². The van der Waals surface area contributed by atoms with Gasteiger partial charge in [-0.25, -0.2) is 0 Å². The summed E-state index contributed by atoms with van der Waals surface area (Å²) in [7, 11) is 3.58. The van der Waals surface area contributed by atoms with Crippen LogP contribution < -0.4 is 0 Å². The molecule has 0 amide bonds. The Hall–Kier alpha value is -1.34. The van der Waals surface area contributed by atoms with Crippen molar-refractivity contribution in [3.8, 4) is 0 Å². The lowest BCUT2D eigenvalue weighted by Gasteiger charge is -2.61. The van der Waals surface area contributed by atoms with Crippen molar-refractivity contribution in [2.24, 2.45) is 68.0 Å². The van der Waals surface area contributed by atoms with Crippen molar-refractivity contribution in [3.05, 3.63) is 25.3 Å². The summed E-state index contributed by atoms with van der Waals surface area (Å²) in [6.07, 6.45) is 12.2. The number of rotatable bonds is 4. The number of carbonyl (C=O) groups excluding carboxylic acids is 2. The minimum atomic E-state index is -0.639. The van der Waals surface area contributed by atoms with Crippen LogP contribution in [0.2, 0.25) is 0 Å². The molecule has 0 spiro atoms. The van der Waals surface area contributed by atoms with Gasteiger partial charge in [0.2, 0.25) is 0 Å². The van der Waals surface area contributed by atoms with Crippen LogP contribution in [0.1, 0.15) is 120 Å². The van der Waals surface area contributed by atoms with E-state index in [0.717, 1.165) is 51.4 Å². The van der Waals surface area contributed by atoms with E-state index < -0.39 is 23.0 Å². The normalized spacial score (nSPS) is 54.8. The molecule has 0 aromatic rings.